The van der Waals surface area contributed by atoms with E-state index in [1.165, 1.54) is 43.0 Å². The Bertz CT molecular complexity index is 1310. The second kappa shape index (κ2) is 14.1. The van der Waals surface area contributed by atoms with E-state index in [4.69, 9.17) is 27.4 Å². The number of benzene rings is 2. The van der Waals surface area contributed by atoms with Crippen molar-refractivity contribution in [1.82, 2.24) is 4.90 Å². The first-order chi connectivity index (χ1) is 20.6. The molecule has 0 aromatic heterocycles. The standard InChI is InChI=1S/C34H46N4O3S2/c1-22-20-34(18-6-9-30(22)41-34)21-43-32(35)37-33(42)36-27-12-14-28(15-13-27)40-31(23(2)38(3)4)17-16-29(39)26-8-5-7-25(19-26)24-10-11-24/h5,7-8,12-15,19,22-24,30-31H,6,9-11,16-18,20-21H2,1-4H3,(H3,35,36,37,42)/t22-,23-,30-,31?,34?/m1/s1. The van der Waals surface area contributed by atoms with Gasteiger partial charge in [-0.1, -0.05) is 36.9 Å². The molecule has 2 bridgehead atoms. The van der Waals surface area contributed by atoms with Crippen LogP contribution in [-0.4, -0.2) is 64.7 Å². The lowest BCUT2D eigenvalue weighted by Crippen LogP contribution is -2.40. The van der Waals surface area contributed by atoms with E-state index in [-0.39, 0.29) is 23.5 Å². The lowest BCUT2D eigenvalue weighted by Gasteiger charge is -2.33. The van der Waals surface area contributed by atoms with Gasteiger partial charge < -0.3 is 25.4 Å². The highest BCUT2D eigenvalue weighted by Crippen LogP contribution is 2.46. The number of nitrogens with zero attached hydrogens (tertiary/aromatic N) is 2. The zero-order valence-corrected chi connectivity index (χ0v) is 27.5. The van der Waals surface area contributed by atoms with Crippen LogP contribution >= 0.6 is 24.0 Å². The summed E-state index contributed by atoms with van der Waals surface area (Å²) in [5.74, 6) is 2.96. The summed E-state index contributed by atoms with van der Waals surface area (Å²) in [6, 6.07) is 15.9. The first-order valence-electron chi connectivity index (χ1n) is 15.6. The van der Waals surface area contributed by atoms with Crippen LogP contribution in [0.1, 0.15) is 87.1 Å². The number of aliphatic imine (C=N–C) groups is 1. The molecular formula is C34H46N4O3S2. The number of nitrogens with two attached hydrogens (primary N) is 1. The summed E-state index contributed by atoms with van der Waals surface area (Å²) in [5, 5.41) is 3.93. The van der Waals surface area contributed by atoms with E-state index in [0.717, 1.165) is 35.6 Å². The Morgan fingerprint density at radius 3 is 2.72 bits per heavy atom. The van der Waals surface area contributed by atoms with Crippen molar-refractivity contribution in [3.63, 3.8) is 0 Å². The van der Waals surface area contributed by atoms with Crippen molar-refractivity contribution in [3.05, 3.63) is 59.7 Å². The number of thioether (sulfide) groups is 1. The van der Waals surface area contributed by atoms with E-state index in [2.05, 4.69) is 41.2 Å². The summed E-state index contributed by atoms with van der Waals surface area (Å²) in [6.07, 6.45) is 8.33. The number of thiocarbonyl (C=S) groups is 1. The second-order valence-electron chi connectivity index (χ2n) is 12.8. The Balaban J connectivity index is 1.12. The monoisotopic (exact) mass is 622 g/mol. The number of carbonyl (C=O) groups is 1. The molecule has 2 heterocycles. The molecule has 0 radical (unpaired) electrons. The second-order valence-corrected chi connectivity index (χ2v) is 14.2. The number of rotatable bonds is 12. The fraction of sp³-hybridized carbons (Fsp3) is 0.559. The maximum atomic E-state index is 13.1. The number of hydrogen-bond donors (Lipinski definition) is 2. The number of ether oxygens (including phenoxy) is 2. The minimum Gasteiger partial charge on any atom is -0.489 e. The largest absolute Gasteiger partial charge is 0.489 e. The van der Waals surface area contributed by atoms with Crippen molar-refractivity contribution in [2.24, 2.45) is 16.6 Å². The van der Waals surface area contributed by atoms with Gasteiger partial charge in [-0.05, 0) is 126 Å². The van der Waals surface area contributed by atoms with E-state index in [1.807, 2.05) is 50.5 Å². The van der Waals surface area contributed by atoms with Crippen molar-refractivity contribution < 1.29 is 14.3 Å². The normalized spacial score (nSPS) is 24.9. The van der Waals surface area contributed by atoms with Gasteiger partial charge in [-0.15, -0.1) is 0 Å². The molecular weight excluding hydrogens is 577 g/mol. The Morgan fingerprint density at radius 2 is 2.00 bits per heavy atom. The minimum atomic E-state index is -0.141. The van der Waals surface area contributed by atoms with Gasteiger partial charge in [0.25, 0.3) is 0 Å². The maximum absolute atomic E-state index is 13.1. The number of hydrogen-bond acceptors (Lipinski definition) is 6. The zero-order valence-electron chi connectivity index (χ0n) is 25.9. The molecule has 2 saturated heterocycles. The van der Waals surface area contributed by atoms with Crippen LogP contribution in [0.4, 0.5) is 5.69 Å². The predicted octanol–water partition coefficient (Wildman–Crippen LogP) is 7.02. The molecule has 3 fully saturated rings. The van der Waals surface area contributed by atoms with E-state index < -0.39 is 0 Å². The summed E-state index contributed by atoms with van der Waals surface area (Å²) in [4.78, 5) is 19.6. The van der Waals surface area contributed by atoms with E-state index >= 15 is 0 Å². The Hall–Kier alpha value is -2.46. The van der Waals surface area contributed by atoms with Gasteiger partial charge in [0.1, 0.15) is 11.9 Å². The average Bonchev–Trinajstić information content (AvgIpc) is 3.81. The fourth-order valence-corrected chi connectivity index (χ4v) is 7.48. The number of ketones is 1. The maximum Gasteiger partial charge on any atom is 0.199 e. The number of carbonyl (C=O) groups excluding carboxylic acids is 1. The van der Waals surface area contributed by atoms with Crippen molar-refractivity contribution in [3.8, 4) is 5.75 Å². The summed E-state index contributed by atoms with van der Waals surface area (Å²) >= 11 is 6.99. The number of likely N-dealkylation sites (N-methyl/N-ethyl adjacent to an activating group) is 1. The van der Waals surface area contributed by atoms with Crippen LogP contribution < -0.4 is 15.8 Å². The quantitative estimate of drug-likeness (QED) is 0.113. The predicted molar refractivity (Wildman–Crippen MR) is 182 cm³/mol. The van der Waals surface area contributed by atoms with Crippen LogP contribution in [0.15, 0.2) is 53.5 Å². The lowest BCUT2D eigenvalue weighted by molar-refractivity contribution is -0.0650. The highest BCUT2D eigenvalue weighted by molar-refractivity contribution is 8.13. The fourth-order valence-electron chi connectivity index (χ4n) is 6.31. The molecule has 5 atom stereocenters. The molecule has 1 saturated carbocycles. The van der Waals surface area contributed by atoms with Gasteiger partial charge >= 0.3 is 0 Å². The van der Waals surface area contributed by atoms with Crippen LogP contribution in [-0.2, 0) is 4.74 Å². The van der Waals surface area contributed by atoms with E-state index in [0.29, 0.717) is 41.1 Å². The van der Waals surface area contributed by atoms with Crippen LogP contribution in [0, 0.1) is 5.92 Å². The Kier molecular flexibility index (Phi) is 10.5. The number of Topliss-reactive ketones (excluding diaryl/α,β-unsaturated/α-hetero) is 1. The number of amidine groups is 1. The van der Waals surface area contributed by atoms with Crippen LogP contribution in [0.5, 0.6) is 5.75 Å². The highest BCUT2D eigenvalue weighted by Gasteiger charge is 2.47. The molecule has 2 aromatic rings. The highest BCUT2D eigenvalue weighted by atomic mass is 32.2. The topological polar surface area (TPSA) is 89.2 Å². The van der Waals surface area contributed by atoms with Gasteiger partial charge in [0, 0.05) is 29.5 Å². The third kappa shape index (κ3) is 8.59. The van der Waals surface area contributed by atoms with Crippen LogP contribution in [0.3, 0.4) is 0 Å². The summed E-state index contributed by atoms with van der Waals surface area (Å²) < 4.78 is 12.8. The van der Waals surface area contributed by atoms with Gasteiger partial charge in [0.15, 0.2) is 16.1 Å². The SMILES string of the molecule is C[C@@H]1CC2(CSC(N)=NC(=S)Nc3ccc(OC(CCC(=O)c4cccc(C5CC5)c4)[C@@H](C)N(C)C)cc3)CCC[C@H]1O2. The average molecular weight is 623 g/mol. The van der Waals surface area contributed by atoms with Crippen LogP contribution in [0.2, 0.25) is 0 Å². The minimum absolute atomic E-state index is 0.0750. The Labute approximate surface area is 266 Å². The molecule has 232 valence electrons. The first-order valence-corrected chi connectivity index (χ1v) is 17.0. The van der Waals surface area contributed by atoms with Gasteiger partial charge in [0.2, 0.25) is 0 Å². The van der Waals surface area contributed by atoms with Crippen molar-refractivity contribution in [1.29, 1.82) is 0 Å². The molecule has 2 aliphatic heterocycles. The molecule has 0 amide bonds. The molecule has 2 unspecified atom stereocenters. The molecule has 3 N–H and O–H groups in total. The zero-order chi connectivity index (χ0) is 30.6. The smallest absolute Gasteiger partial charge is 0.199 e. The Morgan fingerprint density at radius 1 is 1.23 bits per heavy atom. The van der Waals surface area contributed by atoms with Crippen molar-refractivity contribution in [2.75, 3.05) is 25.2 Å². The van der Waals surface area contributed by atoms with Gasteiger partial charge in [-0.25, -0.2) is 0 Å². The molecule has 7 nitrogen and oxygen atoms in total. The molecule has 5 rings (SSSR count). The van der Waals surface area contributed by atoms with Gasteiger partial charge in [0.05, 0.1) is 11.7 Å². The summed E-state index contributed by atoms with van der Waals surface area (Å²) in [5.41, 5.74) is 9.06. The number of anilines is 1. The number of nitrogens with one attached hydrogen (secondary N) is 1. The summed E-state index contributed by atoms with van der Waals surface area (Å²) in [7, 11) is 4.07. The molecule has 0 spiro atoms. The van der Waals surface area contributed by atoms with E-state index in [9.17, 15) is 4.79 Å². The van der Waals surface area contributed by atoms with Crippen molar-refractivity contribution in [2.45, 2.75) is 95.0 Å². The number of fused-ring (bicyclic) bond motifs is 2. The molecule has 1 aliphatic carbocycles. The molecule has 43 heavy (non-hydrogen) atoms. The third-order valence-corrected chi connectivity index (χ3v) is 10.5. The molecule has 2 aromatic carbocycles. The first kappa shape index (κ1) is 31.9. The summed E-state index contributed by atoms with van der Waals surface area (Å²) in [6.45, 7) is 4.41. The van der Waals surface area contributed by atoms with Crippen LogP contribution in [0.25, 0.3) is 0 Å². The third-order valence-electron chi connectivity index (χ3n) is 9.20. The van der Waals surface area contributed by atoms with E-state index in [1.54, 1.807) is 0 Å². The van der Waals surface area contributed by atoms with Gasteiger partial charge in [-0.3, -0.25) is 4.79 Å². The molecule has 3 aliphatic rings. The van der Waals surface area contributed by atoms with Gasteiger partial charge in [-0.2, -0.15) is 4.99 Å². The lowest BCUT2D eigenvalue weighted by atomic mass is 9.95. The molecule has 9 heteroatoms. The van der Waals surface area contributed by atoms with Crippen molar-refractivity contribution >= 4 is 45.7 Å².